The van der Waals surface area contributed by atoms with Crippen LogP contribution in [0.2, 0.25) is 0 Å². The van der Waals surface area contributed by atoms with Gasteiger partial charge in [-0.3, -0.25) is 9.59 Å². The molecule has 0 amide bonds. The molecule has 0 aromatic rings. The topological polar surface area (TPSA) is 93.1 Å². The third-order valence-corrected chi connectivity index (χ3v) is 9.27. The van der Waals surface area contributed by atoms with E-state index in [4.69, 9.17) is 9.47 Å². The number of hydrogen-bond donors (Lipinski definition) is 2. The van der Waals surface area contributed by atoms with Gasteiger partial charge in [0.15, 0.2) is 6.10 Å². The summed E-state index contributed by atoms with van der Waals surface area (Å²) < 4.78 is 10.5. The standard InChI is InChI=1S/C44H78O6/c1-4-6-7-8-9-10-11-14-18-21-24-27-30-34-41(46)35-32-37-43(47)49-39-42(38-45)50-44(48)36-31-28-25-22-19-16-13-12-15-17-20-23-26-29-33-40(3)5-2/h9-10,14,18,24,27,30,34,40-42,45-46H,4-8,11-13,15-17,19-23,25-26,28-29,31-33,35-39H2,1-3H3/b10-9-,18-14-,27-24-,34-30+/t40?,41-,42+/m1/s1. The first-order valence-electron chi connectivity index (χ1n) is 20.7. The van der Waals surface area contributed by atoms with Gasteiger partial charge in [0.25, 0.3) is 0 Å². The molecule has 0 fully saturated rings. The first-order chi connectivity index (χ1) is 24.4. The van der Waals surface area contributed by atoms with Crippen molar-refractivity contribution in [2.75, 3.05) is 13.2 Å². The number of aliphatic hydroxyl groups is 2. The number of esters is 2. The zero-order chi connectivity index (χ0) is 36.8. The molecule has 2 N–H and O–H groups in total. The lowest BCUT2D eigenvalue weighted by Gasteiger charge is -2.16. The largest absolute Gasteiger partial charge is 0.462 e. The molecule has 290 valence electrons. The Hall–Kier alpha value is -2.18. The fraction of sp³-hybridized carbons (Fsp3) is 0.773. The molecule has 0 saturated carbocycles. The third-order valence-electron chi connectivity index (χ3n) is 9.27. The molecule has 50 heavy (non-hydrogen) atoms. The molecule has 6 heteroatoms. The summed E-state index contributed by atoms with van der Waals surface area (Å²) in [5, 5.41) is 19.7. The van der Waals surface area contributed by atoms with Crippen LogP contribution >= 0.6 is 0 Å². The molecule has 1 unspecified atom stereocenters. The Balaban J connectivity index is 3.72. The van der Waals surface area contributed by atoms with E-state index in [1.807, 2.05) is 18.2 Å². The predicted molar refractivity (Wildman–Crippen MR) is 211 cm³/mol. The quantitative estimate of drug-likeness (QED) is 0.0292. The smallest absolute Gasteiger partial charge is 0.306 e. The van der Waals surface area contributed by atoms with Crippen LogP contribution in [0.4, 0.5) is 0 Å². The number of hydrogen-bond acceptors (Lipinski definition) is 6. The average molecular weight is 703 g/mol. The summed E-state index contributed by atoms with van der Waals surface area (Å²) in [5.74, 6) is 0.102. The molecule has 0 aromatic heterocycles. The van der Waals surface area contributed by atoms with Gasteiger partial charge in [-0.15, -0.1) is 0 Å². The van der Waals surface area contributed by atoms with E-state index in [1.165, 1.54) is 103 Å². The van der Waals surface area contributed by atoms with E-state index in [2.05, 4.69) is 45.1 Å². The van der Waals surface area contributed by atoms with Crippen molar-refractivity contribution in [1.82, 2.24) is 0 Å². The molecule has 0 aliphatic carbocycles. The Labute approximate surface area is 308 Å². The first kappa shape index (κ1) is 47.8. The predicted octanol–water partition coefficient (Wildman–Crippen LogP) is 11.8. The fourth-order valence-corrected chi connectivity index (χ4v) is 5.69. The summed E-state index contributed by atoms with van der Waals surface area (Å²) in [6.07, 6.45) is 43.4. The van der Waals surface area contributed by atoms with Gasteiger partial charge in [-0.25, -0.2) is 0 Å². The fourth-order valence-electron chi connectivity index (χ4n) is 5.69. The van der Waals surface area contributed by atoms with Crippen molar-refractivity contribution in [3.8, 4) is 0 Å². The number of ether oxygens (including phenoxy) is 2. The molecule has 0 aliphatic heterocycles. The van der Waals surface area contributed by atoms with Crippen LogP contribution in [-0.4, -0.2) is 47.6 Å². The highest BCUT2D eigenvalue weighted by atomic mass is 16.6. The molecule has 0 spiro atoms. The van der Waals surface area contributed by atoms with Crippen LogP contribution in [0, 0.1) is 5.92 Å². The van der Waals surface area contributed by atoms with E-state index in [1.54, 1.807) is 6.08 Å². The van der Waals surface area contributed by atoms with Crippen LogP contribution in [0.5, 0.6) is 0 Å². The normalized spacial score (nSPS) is 13.9. The number of carbonyl (C=O) groups is 2. The Morgan fingerprint density at radius 1 is 0.620 bits per heavy atom. The van der Waals surface area contributed by atoms with E-state index in [0.29, 0.717) is 19.3 Å². The molecule has 0 heterocycles. The zero-order valence-electron chi connectivity index (χ0n) is 32.7. The maximum Gasteiger partial charge on any atom is 0.306 e. The number of rotatable bonds is 36. The second-order valence-corrected chi connectivity index (χ2v) is 14.2. The first-order valence-corrected chi connectivity index (χ1v) is 20.7. The van der Waals surface area contributed by atoms with Crippen molar-refractivity contribution in [2.45, 2.75) is 200 Å². The molecule has 0 aliphatic rings. The Kier molecular flexibility index (Phi) is 36.4. The van der Waals surface area contributed by atoms with Crippen molar-refractivity contribution in [3.05, 3.63) is 48.6 Å². The van der Waals surface area contributed by atoms with Crippen molar-refractivity contribution in [1.29, 1.82) is 0 Å². The van der Waals surface area contributed by atoms with E-state index in [9.17, 15) is 19.8 Å². The maximum atomic E-state index is 12.2. The van der Waals surface area contributed by atoms with Gasteiger partial charge in [0.2, 0.25) is 0 Å². The van der Waals surface area contributed by atoms with Gasteiger partial charge in [0, 0.05) is 12.8 Å². The third kappa shape index (κ3) is 35.6. The summed E-state index contributed by atoms with van der Waals surface area (Å²) in [6.45, 7) is 6.33. The number of unbranched alkanes of at least 4 members (excludes halogenated alkanes) is 16. The molecule has 0 radical (unpaired) electrons. The molecular formula is C44H78O6. The van der Waals surface area contributed by atoms with Gasteiger partial charge < -0.3 is 19.7 Å². The molecule has 0 saturated heterocycles. The van der Waals surface area contributed by atoms with Crippen LogP contribution in [0.15, 0.2) is 48.6 Å². The van der Waals surface area contributed by atoms with Crippen LogP contribution in [0.25, 0.3) is 0 Å². The van der Waals surface area contributed by atoms with Gasteiger partial charge in [-0.2, -0.15) is 0 Å². The van der Waals surface area contributed by atoms with Crippen LogP contribution in [-0.2, 0) is 19.1 Å². The van der Waals surface area contributed by atoms with Gasteiger partial charge in [0.1, 0.15) is 6.61 Å². The Bertz CT molecular complexity index is 876. The van der Waals surface area contributed by atoms with Crippen LogP contribution < -0.4 is 0 Å². The van der Waals surface area contributed by atoms with E-state index in [0.717, 1.165) is 44.4 Å². The SMILES string of the molecule is CCCCC/C=C\C/C=C\C/C=C\C=C\[C@@H](O)CCCC(=O)OC[C@H](CO)OC(=O)CCCCCCCCCCCCCCCCC(C)CC. The second-order valence-electron chi connectivity index (χ2n) is 14.2. The highest BCUT2D eigenvalue weighted by Gasteiger charge is 2.16. The molecular weight excluding hydrogens is 624 g/mol. The minimum atomic E-state index is -0.844. The van der Waals surface area contributed by atoms with Gasteiger partial charge in [-0.1, -0.05) is 179 Å². The number of allylic oxidation sites excluding steroid dienone is 7. The lowest BCUT2D eigenvalue weighted by molar-refractivity contribution is -0.161. The van der Waals surface area contributed by atoms with E-state index < -0.39 is 18.2 Å². The van der Waals surface area contributed by atoms with E-state index >= 15 is 0 Å². The lowest BCUT2D eigenvalue weighted by Crippen LogP contribution is -2.28. The molecule has 6 nitrogen and oxygen atoms in total. The summed E-state index contributed by atoms with van der Waals surface area (Å²) >= 11 is 0. The highest BCUT2D eigenvalue weighted by Crippen LogP contribution is 2.16. The highest BCUT2D eigenvalue weighted by molar-refractivity contribution is 5.70. The summed E-state index contributed by atoms with van der Waals surface area (Å²) in [7, 11) is 0. The van der Waals surface area contributed by atoms with Gasteiger partial charge >= 0.3 is 11.9 Å². The average Bonchev–Trinajstić information content (AvgIpc) is 3.11. The summed E-state index contributed by atoms with van der Waals surface area (Å²) in [5.41, 5.74) is 0. The number of carbonyl (C=O) groups excluding carboxylic acids is 2. The minimum Gasteiger partial charge on any atom is -0.462 e. The minimum absolute atomic E-state index is 0.156. The Morgan fingerprint density at radius 2 is 1.18 bits per heavy atom. The maximum absolute atomic E-state index is 12.2. The van der Waals surface area contributed by atoms with Crippen molar-refractivity contribution in [3.63, 3.8) is 0 Å². The van der Waals surface area contributed by atoms with Crippen molar-refractivity contribution >= 4 is 11.9 Å². The second kappa shape index (κ2) is 38.1. The monoisotopic (exact) mass is 703 g/mol. The zero-order valence-corrected chi connectivity index (χ0v) is 32.7. The molecule has 0 aromatic carbocycles. The summed E-state index contributed by atoms with van der Waals surface area (Å²) in [6, 6.07) is 0. The van der Waals surface area contributed by atoms with Gasteiger partial charge in [0.05, 0.1) is 12.7 Å². The molecule has 3 atom stereocenters. The van der Waals surface area contributed by atoms with Gasteiger partial charge in [-0.05, 0) is 50.9 Å². The van der Waals surface area contributed by atoms with Crippen LogP contribution in [0.1, 0.15) is 188 Å². The molecule has 0 rings (SSSR count). The number of aliphatic hydroxyl groups excluding tert-OH is 2. The summed E-state index contributed by atoms with van der Waals surface area (Å²) in [4.78, 5) is 24.3. The van der Waals surface area contributed by atoms with Crippen molar-refractivity contribution < 1.29 is 29.3 Å². The van der Waals surface area contributed by atoms with Crippen molar-refractivity contribution in [2.24, 2.45) is 5.92 Å². The lowest BCUT2D eigenvalue weighted by atomic mass is 9.99. The van der Waals surface area contributed by atoms with E-state index in [-0.39, 0.29) is 25.6 Å². The van der Waals surface area contributed by atoms with Crippen LogP contribution in [0.3, 0.4) is 0 Å². The Morgan fingerprint density at radius 3 is 1.78 bits per heavy atom. The molecule has 0 bridgehead atoms.